The van der Waals surface area contributed by atoms with Crippen LogP contribution in [0, 0.1) is 0 Å². The van der Waals surface area contributed by atoms with E-state index in [1.807, 2.05) is 35.7 Å². The predicted octanol–water partition coefficient (Wildman–Crippen LogP) is 4.95. The average Bonchev–Trinajstić information content (AvgIpc) is 3.28. The highest BCUT2D eigenvalue weighted by Crippen LogP contribution is 2.40. The Morgan fingerprint density at radius 1 is 1.03 bits per heavy atom. The van der Waals surface area contributed by atoms with Gasteiger partial charge in [-0.25, -0.2) is 4.79 Å². The first-order chi connectivity index (χ1) is 16.6. The monoisotopic (exact) mass is 474 g/mol. The van der Waals surface area contributed by atoms with Crippen molar-refractivity contribution in [3.8, 4) is 0 Å². The number of rotatable bonds is 5. The molecule has 2 aliphatic heterocycles. The largest absolute Gasteiger partial charge is 0.478 e. The van der Waals surface area contributed by atoms with Crippen LogP contribution in [-0.4, -0.2) is 42.3 Å². The number of carbonyl (C=O) groups is 2. The van der Waals surface area contributed by atoms with Crippen LogP contribution in [0.2, 0.25) is 0 Å². The maximum Gasteiger partial charge on any atom is 0.339 e. The predicted molar refractivity (Wildman–Crippen MR) is 132 cm³/mol. The smallest absolute Gasteiger partial charge is 0.339 e. The van der Waals surface area contributed by atoms with Crippen molar-refractivity contribution in [2.45, 2.75) is 43.7 Å². The molecule has 3 atom stereocenters. The summed E-state index contributed by atoms with van der Waals surface area (Å²) in [5.41, 5.74) is 5.30. The summed E-state index contributed by atoms with van der Waals surface area (Å²) in [7, 11) is 0. The second kappa shape index (κ2) is 8.56. The summed E-state index contributed by atoms with van der Waals surface area (Å²) in [6.07, 6.45) is 3.83. The van der Waals surface area contributed by atoms with Gasteiger partial charge in [0.1, 0.15) is 5.00 Å². The molecule has 7 heteroatoms. The molecule has 0 spiro atoms. The number of nitrogens with zero attached hydrogens (tertiary/aromatic N) is 1. The number of fused-ring (bicyclic) bond motifs is 3. The maximum absolute atomic E-state index is 13.0. The molecule has 2 fully saturated rings. The lowest BCUT2D eigenvalue weighted by molar-refractivity contribution is 0.0103. The average molecular weight is 475 g/mol. The van der Waals surface area contributed by atoms with E-state index in [0.717, 1.165) is 50.1 Å². The van der Waals surface area contributed by atoms with Crippen LogP contribution in [0.25, 0.3) is 0 Å². The fourth-order valence-corrected chi connectivity index (χ4v) is 6.70. The number of morpholine rings is 1. The van der Waals surface area contributed by atoms with E-state index in [-0.39, 0.29) is 17.4 Å². The second-order valence-electron chi connectivity index (χ2n) is 9.40. The summed E-state index contributed by atoms with van der Waals surface area (Å²) in [5.74, 6) is -1.14. The van der Waals surface area contributed by atoms with Gasteiger partial charge >= 0.3 is 5.97 Å². The van der Waals surface area contributed by atoms with Crippen LogP contribution < -0.4 is 10.2 Å². The Morgan fingerprint density at radius 3 is 2.47 bits per heavy atom. The Bertz CT molecular complexity index is 1240. The van der Waals surface area contributed by atoms with Crippen molar-refractivity contribution in [1.29, 1.82) is 0 Å². The van der Waals surface area contributed by atoms with Gasteiger partial charge in [0, 0.05) is 11.3 Å². The molecule has 3 unspecified atom stereocenters. The third-order valence-corrected chi connectivity index (χ3v) is 8.34. The second-order valence-corrected chi connectivity index (χ2v) is 10.3. The van der Waals surface area contributed by atoms with Gasteiger partial charge in [-0.15, -0.1) is 11.3 Å². The number of carboxylic acids is 1. The maximum atomic E-state index is 13.0. The Labute approximate surface area is 202 Å². The third-order valence-electron chi connectivity index (χ3n) is 7.43. The molecule has 2 saturated heterocycles. The fourth-order valence-electron chi connectivity index (χ4n) is 5.67. The molecule has 3 heterocycles. The Hall–Kier alpha value is -3.16. The summed E-state index contributed by atoms with van der Waals surface area (Å²) in [6, 6.07) is 16.8. The summed E-state index contributed by atoms with van der Waals surface area (Å²) in [4.78, 5) is 27.5. The standard InChI is InChI=1S/C27H26N2O4S/c30-25(17-7-9-20(10-8-17)29-21-12-22(29)14-33-13-21)28-26-24(27(31)32)23(15-34-26)19-6-5-16-3-1-2-4-18(16)11-19/h1-4,7-10,15,19,21-22H,5-6,11-14H2,(H,28,30)(H,31,32). The minimum absolute atomic E-state index is 0.141. The highest BCUT2D eigenvalue weighted by Gasteiger charge is 2.42. The molecule has 0 saturated carbocycles. The number of amides is 1. The first kappa shape index (κ1) is 21.4. The number of aryl methyl sites for hydroxylation is 1. The van der Waals surface area contributed by atoms with E-state index in [2.05, 4.69) is 28.4 Å². The first-order valence-corrected chi connectivity index (χ1v) is 12.7. The van der Waals surface area contributed by atoms with E-state index in [1.165, 1.54) is 22.5 Å². The van der Waals surface area contributed by atoms with Crippen molar-refractivity contribution in [1.82, 2.24) is 0 Å². The number of anilines is 2. The van der Waals surface area contributed by atoms with Gasteiger partial charge in [0.2, 0.25) is 0 Å². The number of hydrogen-bond donors (Lipinski definition) is 2. The van der Waals surface area contributed by atoms with E-state index >= 15 is 0 Å². The van der Waals surface area contributed by atoms with Crippen LogP contribution in [0.1, 0.15) is 56.2 Å². The van der Waals surface area contributed by atoms with Crippen molar-refractivity contribution >= 4 is 33.9 Å². The van der Waals surface area contributed by atoms with Crippen LogP contribution in [0.4, 0.5) is 10.7 Å². The van der Waals surface area contributed by atoms with Gasteiger partial charge in [0.15, 0.2) is 0 Å². The van der Waals surface area contributed by atoms with Crippen LogP contribution >= 0.6 is 11.3 Å². The van der Waals surface area contributed by atoms with Crippen molar-refractivity contribution < 1.29 is 19.4 Å². The number of thiophene rings is 1. The van der Waals surface area contributed by atoms with E-state index < -0.39 is 5.97 Å². The van der Waals surface area contributed by atoms with Gasteiger partial charge in [-0.05, 0) is 77.9 Å². The molecule has 0 radical (unpaired) electrons. The van der Waals surface area contributed by atoms with Gasteiger partial charge < -0.3 is 20.1 Å². The summed E-state index contributed by atoms with van der Waals surface area (Å²) in [6.45, 7) is 1.51. The normalized spacial score (nSPS) is 23.1. The van der Waals surface area contributed by atoms with Crippen molar-refractivity contribution in [3.63, 3.8) is 0 Å². The van der Waals surface area contributed by atoms with Crippen LogP contribution in [0.5, 0.6) is 0 Å². The summed E-state index contributed by atoms with van der Waals surface area (Å²) < 4.78 is 5.55. The topological polar surface area (TPSA) is 78.9 Å². The molecular formula is C27H26N2O4S. The lowest BCUT2D eigenvalue weighted by Crippen LogP contribution is -2.64. The molecule has 2 aromatic carbocycles. The molecule has 1 aliphatic carbocycles. The molecule has 174 valence electrons. The van der Waals surface area contributed by atoms with E-state index in [9.17, 15) is 14.7 Å². The quantitative estimate of drug-likeness (QED) is 0.547. The summed E-state index contributed by atoms with van der Waals surface area (Å²) >= 11 is 1.30. The molecule has 3 aliphatic rings. The Balaban J connectivity index is 1.19. The number of carbonyl (C=O) groups excluding carboxylic acids is 1. The number of benzene rings is 2. The van der Waals surface area contributed by atoms with Gasteiger partial charge in [-0.2, -0.15) is 0 Å². The highest BCUT2D eigenvalue weighted by atomic mass is 32.1. The first-order valence-electron chi connectivity index (χ1n) is 11.8. The Kier molecular flexibility index (Phi) is 5.38. The Morgan fingerprint density at radius 2 is 1.76 bits per heavy atom. The number of carboxylic acid groups (broad SMARTS) is 1. The molecular weight excluding hydrogens is 448 g/mol. The molecule has 3 aromatic rings. The van der Waals surface area contributed by atoms with Crippen LogP contribution in [-0.2, 0) is 17.6 Å². The van der Waals surface area contributed by atoms with E-state index in [1.54, 1.807) is 0 Å². The molecule has 34 heavy (non-hydrogen) atoms. The zero-order valence-electron chi connectivity index (χ0n) is 18.7. The molecule has 2 bridgehead atoms. The number of aromatic carboxylic acids is 1. The van der Waals surface area contributed by atoms with Crippen molar-refractivity contribution in [3.05, 3.63) is 81.7 Å². The molecule has 6 rings (SSSR count). The van der Waals surface area contributed by atoms with Gasteiger partial charge in [0.25, 0.3) is 5.91 Å². The third kappa shape index (κ3) is 3.69. The molecule has 1 aromatic heterocycles. The molecule has 2 N–H and O–H groups in total. The summed E-state index contributed by atoms with van der Waals surface area (Å²) in [5, 5.41) is 15.2. The minimum atomic E-state index is -0.993. The van der Waals surface area contributed by atoms with Gasteiger partial charge in [-0.1, -0.05) is 24.3 Å². The zero-order chi connectivity index (χ0) is 23.2. The number of ether oxygens (including phenoxy) is 1. The zero-order valence-corrected chi connectivity index (χ0v) is 19.5. The van der Waals surface area contributed by atoms with Gasteiger partial charge in [-0.3, -0.25) is 4.79 Å². The number of hydrogen-bond acceptors (Lipinski definition) is 5. The molecule has 1 amide bonds. The number of nitrogens with one attached hydrogen (secondary N) is 1. The highest BCUT2D eigenvalue weighted by molar-refractivity contribution is 7.15. The SMILES string of the molecule is O=C(Nc1scc(C2CCc3ccccc3C2)c1C(=O)O)c1ccc(N2C3COCC2C3)cc1. The fraction of sp³-hybridized carbons (Fsp3) is 0.333. The van der Waals surface area contributed by atoms with E-state index in [0.29, 0.717) is 22.6 Å². The van der Waals surface area contributed by atoms with Crippen LogP contribution in [0.15, 0.2) is 53.9 Å². The minimum Gasteiger partial charge on any atom is -0.478 e. The molecule has 6 nitrogen and oxygen atoms in total. The van der Waals surface area contributed by atoms with Crippen molar-refractivity contribution in [2.75, 3.05) is 23.4 Å². The lowest BCUT2D eigenvalue weighted by Gasteiger charge is -2.53. The lowest BCUT2D eigenvalue weighted by atomic mass is 9.80. The van der Waals surface area contributed by atoms with Gasteiger partial charge in [0.05, 0.1) is 30.9 Å². The van der Waals surface area contributed by atoms with E-state index in [4.69, 9.17) is 4.74 Å². The van der Waals surface area contributed by atoms with Crippen LogP contribution in [0.3, 0.4) is 0 Å². The van der Waals surface area contributed by atoms with Crippen molar-refractivity contribution in [2.24, 2.45) is 0 Å².